The van der Waals surface area contributed by atoms with Gasteiger partial charge in [0.2, 0.25) is 0 Å². The summed E-state index contributed by atoms with van der Waals surface area (Å²) in [5.74, 6) is -0.742. The molecule has 38 heavy (non-hydrogen) atoms. The Morgan fingerprint density at radius 2 is 2.08 bits per heavy atom. The average molecular weight is 578 g/mol. The predicted octanol–water partition coefficient (Wildman–Crippen LogP) is 2.70. The second-order valence-corrected chi connectivity index (χ2v) is 10.9. The van der Waals surface area contributed by atoms with Gasteiger partial charge in [0.25, 0.3) is 5.56 Å². The molecule has 6 atom stereocenters. The summed E-state index contributed by atoms with van der Waals surface area (Å²) < 4.78 is 51.7. The van der Waals surface area contributed by atoms with E-state index in [1.807, 2.05) is 11.9 Å². The van der Waals surface area contributed by atoms with Gasteiger partial charge in [0.15, 0.2) is 11.9 Å². The molecule has 1 aliphatic heterocycles. The summed E-state index contributed by atoms with van der Waals surface area (Å²) in [6.07, 6.45) is -2.43. The molecule has 0 saturated carbocycles. The van der Waals surface area contributed by atoms with Crippen molar-refractivity contribution in [2.75, 3.05) is 13.2 Å². The van der Waals surface area contributed by atoms with E-state index in [0.717, 1.165) is 30.2 Å². The van der Waals surface area contributed by atoms with Gasteiger partial charge in [-0.15, -0.1) is 0 Å². The first kappa shape index (κ1) is 30.0. The number of hydrogen-bond donors (Lipinski definition) is 3. The standard InChI is InChI=1S/C23H30ClFN3O9P/c1-4-5-12-34-20(31)14(2)27-38(33,37-16-9-7-6-8-15(16)24)35-13-17-19(30)23(3,25)21(36-17)28-11-10-18(29)26-22(28)32/h6-11,14,17,19,21,30H,4-5,12-13H2,1-3H3,(H,27,33)(H,26,29,32)/t14-,17+,19+,21?,23+,38?/m0/s1. The number of nitrogens with one attached hydrogen (secondary N) is 2. The number of ether oxygens (including phenoxy) is 2. The lowest BCUT2D eigenvalue weighted by molar-refractivity contribution is -0.145. The molecule has 1 aromatic heterocycles. The van der Waals surface area contributed by atoms with Crippen LogP contribution >= 0.6 is 19.3 Å². The third-order valence-electron chi connectivity index (χ3n) is 5.73. The van der Waals surface area contributed by atoms with Crippen LogP contribution in [-0.2, 0) is 23.4 Å². The van der Waals surface area contributed by atoms with Crippen LogP contribution in [0.1, 0.15) is 39.8 Å². The monoisotopic (exact) mass is 577 g/mol. The molecule has 1 saturated heterocycles. The Hall–Kier alpha value is -2.54. The first-order valence-corrected chi connectivity index (χ1v) is 13.8. The zero-order chi connectivity index (χ0) is 28.1. The molecule has 15 heteroatoms. The van der Waals surface area contributed by atoms with Crippen LogP contribution in [0.15, 0.2) is 46.1 Å². The number of carbonyl (C=O) groups excluding carboxylic acids is 1. The van der Waals surface area contributed by atoms with Gasteiger partial charge in [-0.3, -0.25) is 23.7 Å². The van der Waals surface area contributed by atoms with E-state index < -0.39 is 61.7 Å². The topological polar surface area (TPSA) is 158 Å². The second kappa shape index (κ2) is 12.5. The Bertz CT molecular complexity index is 1290. The first-order valence-electron chi connectivity index (χ1n) is 11.8. The van der Waals surface area contributed by atoms with Gasteiger partial charge in [-0.05, 0) is 32.4 Å². The Morgan fingerprint density at radius 1 is 1.37 bits per heavy atom. The van der Waals surface area contributed by atoms with Gasteiger partial charge in [-0.1, -0.05) is 37.1 Å². The highest BCUT2D eigenvalue weighted by Crippen LogP contribution is 2.48. The molecule has 2 aromatic rings. The number of aromatic amines is 1. The first-order chi connectivity index (χ1) is 17.9. The maximum absolute atomic E-state index is 15.5. The van der Waals surface area contributed by atoms with E-state index in [1.165, 1.54) is 19.1 Å². The number of benzene rings is 1. The molecule has 1 aromatic carbocycles. The number of aliphatic hydroxyl groups is 1. The number of aliphatic hydroxyl groups excluding tert-OH is 1. The smallest absolute Gasteiger partial charge is 0.459 e. The molecular weight excluding hydrogens is 548 g/mol. The number of unbranched alkanes of at least 4 members (excludes halogenated alkanes) is 1. The van der Waals surface area contributed by atoms with Crippen LogP contribution in [0.3, 0.4) is 0 Å². The molecule has 210 valence electrons. The number of hydrogen-bond acceptors (Lipinski definition) is 9. The third-order valence-corrected chi connectivity index (χ3v) is 7.67. The summed E-state index contributed by atoms with van der Waals surface area (Å²) >= 11 is 6.12. The van der Waals surface area contributed by atoms with E-state index in [0.29, 0.717) is 6.42 Å². The minimum atomic E-state index is -4.41. The van der Waals surface area contributed by atoms with Gasteiger partial charge in [0, 0.05) is 12.3 Å². The van der Waals surface area contributed by atoms with Crippen LogP contribution in [0.2, 0.25) is 5.02 Å². The van der Waals surface area contributed by atoms with Crippen LogP contribution in [-0.4, -0.2) is 57.8 Å². The Kier molecular flexibility index (Phi) is 9.91. The summed E-state index contributed by atoms with van der Waals surface area (Å²) in [5.41, 5.74) is -4.16. The normalized spacial score (nSPS) is 25.5. The fraction of sp³-hybridized carbons (Fsp3) is 0.522. The molecule has 12 nitrogen and oxygen atoms in total. The Morgan fingerprint density at radius 3 is 2.74 bits per heavy atom. The van der Waals surface area contributed by atoms with E-state index in [2.05, 4.69) is 5.09 Å². The zero-order valence-electron chi connectivity index (χ0n) is 21.0. The van der Waals surface area contributed by atoms with Crippen molar-refractivity contribution in [2.45, 2.75) is 63.8 Å². The van der Waals surface area contributed by atoms with Crippen LogP contribution in [0, 0.1) is 0 Å². The minimum absolute atomic E-state index is 0.0302. The second-order valence-electron chi connectivity index (χ2n) is 8.83. The number of nitrogens with zero attached hydrogens (tertiary/aromatic N) is 1. The van der Waals surface area contributed by atoms with Crippen molar-refractivity contribution in [3.63, 3.8) is 0 Å². The molecule has 2 unspecified atom stereocenters. The van der Waals surface area contributed by atoms with Gasteiger partial charge in [-0.2, -0.15) is 5.09 Å². The van der Waals surface area contributed by atoms with Gasteiger partial charge >= 0.3 is 19.4 Å². The fourth-order valence-corrected chi connectivity index (χ4v) is 5.35. The van der Waals surface area contributed by atoms with Gasteiger partial charge in [-0.25, -0.2) is 13.8 Å². The van der Waals surface area contributed by atoms with Crippen molar-refractivity contribution in [1.82, 2.24) is 14.6 Å². The van der Waals surface area contributed by atoms with Crippen molar-refractivity contribution < 1.29 is 37.4 Å². The number of esters is 1. The fourth-order valence-electron chi connectivity index (χ4n) is 3.60. The van der Waals surface area contributed by atoms with E-state index >= 15 is 4.39 Å². The minimum Gasteiger partial charge on any atom is -0.465 e. The molecule has 1 aliphatic rings. The van der Waals surface area contributed by atoms with Crippen molar-refractivity contribution in [1.29, 1.82) is 0 Å². The quantitative estimate of drug-likeness (QED) is 0.194. The summed E-state index contributed by atoms with van der Waals surface area (Å²) in [6.45, 7) is 3.81. The lowest BCUT2D eigenvalue weighted by atomic mass is 9.98. The predicted molar refractivity (Wildman–Crippen MR) is 135 cm³/mol. The van der Waals surface area contributed by atoms with Crippen LogP contribution in [0.25, 0.3) is 0 Å². The van der Waals surface area contributed by atoms with Crippen LogP contribution in [0.4, 0.5) is 4.39 Å². The zero-order valence-corrected chi connectivity index (χ0v) is 22.6. The molecule has 1 fully saturated rings. The average Bonchev–Trinajstić information content (AvgIpc) is 3.08. The SMILES string of the molecule is CCCCOC(=O)[C@H](C)NP(=O)(OC[C@H]1OC(n2ccc(=O)[nH]c2=O)[C@](C)(F)[C@@H]1O)Oc1ccccc1Cl. The van der Waals surface area contributed by atoms with Crippen molar-refractivity contribution >= 4 is 25.3 Å². The Balaban J connectivity index is 1.80. The molecule has 2 heterocycles. The molecule has 0 spiro atoms. The van der Waals surface area contributed by atoms with E-state index in [4.69, 9.17) is 30.1 Å². The summed E-state index contributed by atoms with van der Waals surface area (Å²) in [7, 11) is -4.41. The lowest BCUT2D eigenvalue weighted by Crippen LogP contribution is -2.43. The number of halogens is 2. The molecule has 0 bridgehead atoms. The highest BCUT2D eigenvalue weighted by Gasteiger charge is 2.56. The number of aromatic nitrogens is 2. The summed E-state index contributed by atoms with van der Waals surface area (Å²) in [4.78, 5) is 37.9. The van der Waals surface area contributed by atoms with Crippen molar-refractivity contribution in [3.8, 4) is 5.75 Å². The largest absolute Gasteiger partial charge is 0.465 e. The molecule has 0 amide bonds. The van der Waals surface area contributed by atoms with Gasteiger partial charge in [0.05, 0.1) is 18.2 Å². The number of rotatable bonds is 12. The lowest BCUT2D eigenvalue weighted by Gasteiger charge is -2.25. The summed E-state index contributed by atoms with van der Waals surface area (Å²) in [5, 5.41) is 13.2. The van der Waals surface area contributed by atoms with Crippen LogP contribution in [0.5, 0.6) is 5.75 Å². The van der Waals surface area contributed by atoms with Crippen molar-refractivity contribution in [2.24, 2.45) is 0 Å². The number of para-hydroxylation sites is 1. The van der Waals surface area contributed by atoms with E-state index in [9.17, 15) is 24.1 Å². The highest BCUT2D eigenvalue weighted by atomic mass is 35.5. The molecule has 3 rings (SSSR count). The maximum Gasteiger partial charge on any atom is 0.459 e. The van der Waals surface area contributed by atoms with E-state index in [1.54, 1.807) is 12.1 Å². The van der Waals surface area contributed by atoms with Gasteiger partial charge in [0.1, 0.15) is 24.0 Å². The summed E-state index contributed by atoms with van der Waals surface area (Å²) in [6, 6.07) is 5.93. The number of alkyl halides is 1. The molecule has 0 aliphatic carbocycles. The molecule has 3 N–H and O–H groups in total. The highest BCUT2D eigenvalue weighted by molar-refractivity contribution is 7.52. The maximum atomic E-state index is 15.5. The molecular formula is C23H30ClFN3O9P. The van der Waals surface area contributed by atoms with E-state index in [-0.39, 0.29) is 17.4 Å². The Labute approximate surface area is 222 Å². The van der Waals surface area contributed by atoms with Crippen molar-refractivity contribution in [3.05, 3.63) is 62.4 Å². The third kappa shape index (κ3) is 7.10. The van der Waals surface area contributed by atoms with Crippen LogP contribution < -0.4 is 20.9 Å². The van der Waals surface area contributed by atoms with Gasteiger partial charge < -0.3 is 19.1 Å². The number of carbonyl (C=O) groups is 1. The number of H-pyrrole nitrogens is 1. The molecule has 0 radical (unpaired) electrons.